The molecule has 0 aliphatic carbocycles. The summed E-state index contributed by atoms with van der Waals surface area (Å²) in [6.07, 6.45) is 0. The highest BCUT2D eigenvalue weighted by molar-refractivity contribution is 4.58. The van der Waals surface area contributed by atoms with Gasteiger partial charge in [0.2, 0.25) is 0 Å². The molecule has 0 spiro atoms. The minimum absolute atomic E-state index is 0.00921. The van der Waals surface area contributed by atoms with Gasteiger partial charge in [-0.25, -0.2) is 0 Å². The first-order valence-electron chi connectivity index (χ1n) is 2.84. The normalized spacial score (nSPS) is 13.9. The monoisotopic (exact) mass is 118 g/mol. The van der Waals surface area contributed by atoms with E-state index < -0.39 is 0 Å². The zero-order valence-electron chi connectivity index (χ0n) is 5.26. The molecule has 0 bridgehead atoms. The molecule has 0 radical (unpaired) electrons. The minimum Gasteiger partial charge on any atom is -0.380 e. The van der Waals surface area contributed by atoms with Crippen LogP contribution in [0.15, 0.2) is 0 Å². The predicted molar refractivity (Wildman–Crippen MR) is 33.5 cm³/mol. The zero-order chi connectivity index (χ0) is 6.41. The van der Waals surface area contributed by atoms with E-state index in [4.69, 9.17) is 16.2 Å². The number of hydrogen-bond donors (Lipinski definition) is 2. The van der Waals surface area contributed by atoms with E-state index in [0.717, 1.165) is 0 Å². The molecule has 50 valence electrons. The lowest BCUT2D eigenvalue weighted by Gasteiger charge is -2.06. The molecular weight excluding hydrogens is 104 g/mol. The second-order valence-electron chi connectivity index (χ2n) is 1.66. The second kappa shape index (κ2) is 5.03. The molecule has 0 aromatic rings. The summed E-state index contributed by atoms with van der Waals surface area (Å²) in [4.78, 5) is 0. The summed E-state index contributed by atoms with van der Waals surface area (Å²) in [5.41, 5.74) is 10.6. The van der Waals surface area contributed by atoms with Crippen LogP contribution in [0.2, 0.25) is 0 Å². The van der Waals surface area contributed by atoms with Crippen LogP contribution in [0.5, 0.6) is 0 Å². The quantitative estimate of drug-likeness (QED) is 0.513. The van der Waals surface area contributed by atoms with Crippen LogP contribution in [0.25, 0.3) is 0 Å². The van der Waals surface area contributed by atoms with Crippen LogP contribution in [0.4, 0.5) is 0 Å². The molecule has 3 nitrogen and oxygen atoms in total. The third-order valence-electron chi connectivity index (χ3n) is 0.839. The van der Waals surface area contributed by atoms with E-state index in [-0.39, 0.29) is 6.04 Å². The third-order valence-corrected chi connectivity index (χ3v) is 0.839. The van der Waals surface area contributed by atoms with Crippen molar-refractivity contribution in [3.63, 3.8) is 0 Å². The lowest BCUT2D eigenvalue weighted by Crippen LogP contribution is -2.34. The molecule has 8 heavy (non-hydrogen) atoms. The van der Waals surface area contributed by atoms with Crippen molar-refractivity contribution in [3.05, 3.63) is 0 Å². The van der Waals surface area contributed by atoms with Crippen molar-refractivity contribution in [1.82, 2.24) is 0 Å². The Morgan fingerprint density at radius 1 is 1.62 bits per heavy atom. The van der Waals surface area contributed by atoms with Gasteiger partial charge < -0.3 is 16.2 Å². The Balaban J connectivity index is 2.86. The summed E-state index contributed by atoms with van der Waals surface area (Å²) in [7, 11) is 0. The summed E-state index contributed by atoms with van der Waals surface area (Å²) in [6.45, 7) is 3.73. The lowest BCUT2D eigenvalue weighted by atomic mass is 10.3. The summed E-state index contributed by atoms with van der Waals surface area (Å²) in [5, 5.41) is 0. The van der Waals surface area contributed by atoms with Crippen molar-refractivity contribution in [3.8, 4) is 0 Å². The zero-order valence-corrected chi connectivity index (χ0v) is 5.26. The molecule has 0 saturated heterocycles. The lowest BCUT2D eigenvalue weighted by molar-refractivity contribution is 0.135. The molecular formula is C5H14N2O. The van der Waals surface area contributed by atoms with E-state index in [1.54, 1.807) is 0 Å². The van der Waals surface area contributed by atoms with E-state index >= 15 is 0 Å². The van der Waals surface area contributed by atoms with Crippen molar-refractivity contribution < 1.29 is 4.74 Å². The van der Waals surface area contributed by atoms with Crippen molar-refractivity contribution >= 4 is 0 Å². The molecule has 0 heterocycles. The van der Waals surface area contributed by atoms with E-state index in [9.17, 15) is 0 Å². The van der Waals surface area contributed by atoms with Crippen LogP contribution >= 0.6 is 0 Å². The maximum Gasteiger partial charge on any atom is 0.0629 e. The molecule has 4 N–H and O–H groups in total. The van der Waals surface area contributed by atoms with Crippen LogP contribution in [0, 0.1) is 0 Å². The average Bonchev–Trinajstić information content (AvgIpc) is 1.83. The fraction of sp³-hybridized carbons (Fsp3) is 1.00. The van der Waals surface area contributed by atoms with Crippen LogP contribution < -0.4 is 11.5 Å². The van der Waals surface area contributed by atoms with Crippen LogP contribution in [-0.4, -0.2) is 25.8 Å². The van der Waals surface area contributed by atoms with E-state index in [2.05, 4.69) is 0 Å². The van der Waals surface area contributed by atoms with E-state index in [1.165, 1.54) is 0 Å². The summed E-state index contributed by atoms with van der Waals surface area (Å²) < 4.78 is 4.98. The van der Waals surface area contributed by atoms with Gasteiger partial charge in [0.1, 0.15) is 0 Å². The Kier molecular flexibility index (Phi) is 4.95. The molecule has 3 heteroatoms. The highest BCUT2D eigenvalue weighted by Gasteiger charge is 1.95. The van der Waals surface area contributed by atoms with Crippen LogP contribution in [0.1, 0.15) is 6.92 Å². The first-order chi connectivity index (χ1) is 3.81. The molecule has 0 amide bonds. The van der Waals surface area contributed by atoms with Crippen molar-refractivity contribution in [2.24, 2.45) is 11.5 Å². The molecule has 0 aliphatic rings. The minimum atomic E-state index is 0.00921. The van der Waals surface area contributed by atoms with Gasteiger partial charge in [-0.15, -0.1) is 0 Å². The summed E-state index contributed by atoms with van der Waals surface area (Å²) in [6, 6.07) is 0.00921. The first kappa shape index (κ1) is 7.88. The molecule has 0 saturated carbocycles. The number of ether oxygens (including phenoxy) is 1. The largest absolute Gasteiger partial charge is 0.380 e. The number of nitrogens with two attached hydrogens (primary N) is 2. The molecule has 0 aliphatic heterocycles. The molecule has 1 unspecified atom stereocenters. The molecule has 0 aromatic carbocycles. The number of rotatable bonds is 4. The Bertz CT molecular complexity index is 49.7. The Hall–Kier alpha value is -0.120. The molecule has 0 fully saturated rings. The van der Waals surface area contributed by atoms with Crippen LogP contribution in [-0.2, 0) is 4.74 Å². The Morgan fingerprint density at radius 3 is 2.62 bits per heavy atom. The Morgan fingerprint density at radius 2 is 2.25 bits per heavy atom. The van der Waals surface area contributed by atoms with E-state index in [1.807, 2.05) is 6.92 Å². The number of hydrogen-bond acceptors (Lipinski definition) is 3. The molecule has 0 aromatic heterocycles. The summed E-state index contributed by atoms with van der Waals surface area (Å²) >= 11 is 0. The SMILES string of the molecule is CCOCC(N)CN. The van der Waals surface area contributed by atoms with Gasteiger partial charge in [0, 0.05) is 19.2 Å². The standard InChI is InChI=1S/C5H14N2O/c1-2-8-4-5(7)3-6/h5H,2-4,6-7H2,1H3. The summed E-state index contributed by atoms with van der Waals surface area (Å²) in [5.74, 6) is 0. The van der Waals surface area contributed by atoms with Gasteiger partial charge in [0.25, 0.3) is 0 Å². The van der Waals surface area contributed by atoms with Crippen molar-refractivity contribution in [2.75, 3.05) is 19.8 Å². The van der Waals surface area contributed by atoms with Gasteiger partial charge in [-0.05, 0) is 6.92 Å². The van der Waals surface area contributed by atoms with Gasteiger partial charge in [0.15, 0.2) is 0 Å². The van der Waals surface area contributed by atoms with Crippen molar-refractivity contribution in [1.29, 1.82) is 0 Å². The highest BCUT2D eigenvalue weighted by atomic mass is 16.5. The molecule has 1 atom stereocenters. The van der Waals surface area contributed by atoms with Gasteiger partial charge in [-0.3, -0.25) is 0 Å². The van der Waals surface area contributed by atoms with Gasteiger partial charge in [-0.1, -0.05) is 0 Å². The van der Waals surface area contributed by atoms with Crippen molar-refractivity contribution in [2.45, 2.75) is 13.0 Å². The fourth-order valence-corrected chi connectivity index (χ4v) is 0.337. The van der Waals surface area contributed by atoms with E-state index in [0.29, 0.717) is 19.8 Å². The van der Waals surface area contributed by atoms with Crippen LogP contribution in [0.3, 0.4) is 0 Å². The van der Waals surface area contributed by atoms with Gasteiger partial charge >= 0.3 is 0 Å². The highest BCUT2D eigenvalue weighted by Crippen LogP contribution is 1.76. The smallest absolute Gasteiger partial charge is 0.0629 e. The topological polar surface area (TPSA) is 61.3 Å². The van der Waals surface area contributed by atoms with Gasteiger partial charge in [-0.2, -0.15) is 0 Å². The second-order valence-corrected chi connectivity index (χ2v) is 1.66. The maximum atomic E-state index is 5.41. The molecule has 0 rings (SSSR count). The maximum absolute atomic E-state index is 5.41. The average molecular weight is 118 g/mol. The third kappa shape index (κ3) is 4.05. The predicted octanol–water partition coefficient (Wildman–Crippen LogP) is -0.691. The van der Waals surface area contributed by atoms with Gasteiger partial charge in [0.05, 0.1) is 6.61 Å². The Labute approximate surface area is 50.0 Å². The fourth-order valence-electron chi connectivity index (χ4n) is 0.337. The first-order valence-corrected chi connectivity index (χ1v) is 2.84.